The van der Waals surface area contributed by atoms with Crippen LogP contribution in [0.25, 0.3) is 0 Å². The van der Waals surface area contributed by atoms with Crippen molar-refractivity contribution in [2.75, 3.05) is 17.2 Å². The first kappa shape index (κ1) is 13.1. The predicted octanol–water partition coefficient (Wildman–Crippen LogP) is 0.723. The van der Waals surface area contributed by atoms with Gasteiger partial charge in [0.1, 0.15) is 0 Å². The van der Waals surface area contributed by atoms with Crippen LogP contribution >= 0.6 is 0 Å². The lowest BCUT2D eigenvalue weighted by molar-refractivity contribution is -0.118. The minimum atomic E-state index is -0.567. The highest BCUT2D eigenvalue weighted by molar-refractivity contribution is 5.74. The van der Waals surface area contributed by atoms with E-state index in [0.717, 1.165) is 6.20 Å². The summed E-state index contributed by atoms with van der Waals surface area (Å²) in [7, 11) is 0. The first-order valence-electron chi connectivity index (χ1n) is 5.34. The molecule has 0 radical (unpaired) electrons. The number of carbonyl (C=O) groups is 1. The zero-order chi connectivity index (χ0) is 12.8. The van der Waals surface area contributed by atoms with Crippen LogP contribution in [0.1, 0.15) is 20.3 Å². The Morgan fingerprint density at radius 1 is 1.65 bits per heavy atom. The molecule has 1 aromatic heterocycles. The van der Waals surface area contributed by atoms with Gasteiger partial charge in [0.15, 0.2) is 11.6 Å². The first-order chi connectivity index (χ1) is 8.02. The van der Waals surface area contributed by atoms with Crippen molar-refractivity contribution in [3.05, 3.63) is 12.0 Å². The summed E-state index contributed by atoms with van der Waals surface area (Å²) < 4.78 is 13.4. The molecule has 0 aromatic carbocycles. The first-order valence-corrected chi connectivity index (χ1v) is 5.34. The highest BCUT2D eigenvalue weighted by Gasteiger charge is 2.11. The van der Waals surface area contributed by atoms with Crippen LogP contribution in [0.3, 0.4) is 0 Å². The fraction of sp³-hybridized carbons (Fsp3) is 0.500. The van der Waals surface area contributed by atoms with Crippen molar-refractivity contribution >= 4 is 17.7 Å². The number of amides is 1. The van der Waals surface area contributed by atoms with Crippen LogP contribution in [0.5, 0.6) is 0 Å². The van der Waals surface area contributed by atoms with Crippen molar-refractivity contribution < 1.29 is 9.18 Å². The summed E-state index contributed by atoms with van der Waals surface area (Å²) in [6.45, 7) is 4.25. The Kier molecular flexibility index (Phi) is 4.62. The number of halogens is 1. The number of hydrogen-bond acceptors (Lipinski definition) is 5. The fourth-order valence-corrected chi connectivity index (χ4v) is 1.30. The van der Waals surface area contributed by atoms with E-state index in [4.69, 9.17) is 5.73 Å². The third-order valence-corrected chi connectivity index (χ3v) is 1.97. The molecule has 1 amide bonds. The van der Waals surface area contributed by atoms with Crippen LogP contribution in [0.2, 0.25) is 0 Å². The molecule has 1 aromatic rings. The van der Waals surface area contributed by atoms with Gasteiger partial charge in [0, 0.05) is 19.0 Å². The van der Waals surface area contributed by atoms with Gasteiger partial charge in [-0.25, -0.2) is 9.37 Å². The number of nitrogens with one attached hydrogen (secondary N) is 2. The van der Waals surface area contributed by atoms with Gasteiger partial charge in [-0.05, 0) is 13.8 Å². The summed E-state index contributed by atoms with van der Waals surface area (Å²) in [5.74, 6) is -0.623. The molecule has 94 valence electrons. The van der Waals surface area contributed by atoms with E-state index >= 15 is 0 Å². The van der Waals surface area contributed by atoms with Gasteiger partial charge in [-0.3, -0.25) is 4.79 Å². The summed E-state index contributed by atoms with van der Waals surface area (Å²) in [6.07, 6.45) is 1.18. The largest absolute Gasteiger partial charge is 0.370 e. The maximum absolute atomic E-state index is 13.4. The average Bonchev–Trinajstić information content (AvgIpc) is 2.22. The van der Waals surface area contributed by atoms with E-state index in [1.165, 1.54) is 0 Å². The second-order valence-electron chi connectivity index (χ2n) is 3.64. The number of nitrogens with zero attached hydrogens (tertiary/aromatic N) is 2. The quantitative estimate of drug-likeness (QED) is 0.682. The third kappa shape index (κ3) is 4.21. The summed E-state index contributed by atoms with van der Waals surface area (Å²) >= 11 is 0. The molecule has 0 saturated carbocycles. The average molecular weight is 241 g/mol. The highest BCUT2D eigenvalue weighted by atomic mass is 19.1. The molecule has 0 aliphatic heterocycles. The van der Waals surface area contributed by atoms with E-state index < -0.39 is 11.7 Å². The van der Waals surface area contributed by atoms with Crippen molar-refractivity contribution in [2.45, 2.75) is 26.3 Å². The second-order valence-corrected chi connectivity index (χ2v) is 3.64. The SMILES string of the molecule is CCNc1ncc(F)c(NC(C)CC(N)=O)n1. The second kappa shape index (κ2) is 5.97. The van der Waals surface area contributed by atoms with Gasteiger partial charge in [-0.1, -0.05) is 0 Å². The van der Waals surface area contributed by atoms with Crippen molar-refractivity contribution in [3.63, 3.8) is 0 Å². The zero-order valence-electron chi connectivity index (χ0n) is 9.83. The molecule has 1 atom stereocenters. The Balaban J connectivity index is 2.74. The topological polar surface area (TPSA) is 92.9 Å². The lowest BCUT2D eigenvalue weighted by atomic mass is 10.2. The number of aromatic nitrogens is 2. The number of anilines is 2. The molecule has 6 nitrogen and oxygen atoms in total. The molecule has 0 saturated heterocycles. The van der Waals surface area contributed by atoms with Crippen LogP contribution in [-0.2, 0) is 4.79 Å². The van der Waals surface area contributed by atoms with Crippen molar-refractivity contribution in [3.8, 4) is 0 Å². The van der Waals surface area contributed by atoms with Crippen LogP contribution in [0, 0.1) is 5.82 Å². The van der Waals surface area contributed by atoms with E-state index in [9.17, 15) is 9.18 Å². The monoisotopic (exact) mass is 241 g/mol. The molecule has 7 heteroatoms. The van der Waals surface area contributed by atoms with Gasteiger partial charge in [-0.2, -0.15) is 4.98 Å². The third-order valence-electron chi connectivity index (χ3n) is 1.97. The molecule has 4 N–H and O–H groups in total. The number of primary amides is 1. The van der Waals surface area contributed by atoms with Gasteiger partial charge in [0.25, 0.3) is 0 Å². The van der Waals surface area contributed by atoms with Crippen LogP contribution in [0.4, 0.5) is 16.2 Å². The van der Waals surface area contributed by atoms with Crippen molar-refractivity contribution in [2.24, 2.45) is 5.73 Å². The van der Waals surface area contributed by atoms with Crippen molar-refractivity contribution in [1.29, 1.82) is 0 Å². The zero-order valence-corrected chi connectivity index (χ0v) is 9.83. The molecule has 1 rings (SSSR count). The highest BCUT2D eigenvalue weighted by Crippen LogP contribution is 2.13. The molecule has 0 aliphatic rings. The van der Waals surface area contributed by atoms with Crippen molar-refractivity contribution in [1.82, 2.24) is 9.97 Å². The minimum Gasteiger partial charge on any atom is -0.370 e. The molecular weight excluding hydrogens is 225 g/mol. The Labute approximate surface area is 98.8 Å². The smallest absolute Gasteiger partial charge is 0.224 e. The predicted molar refractivity (Wildman–Crippen MR) is 63.0 cm³/mol. The number of carbonyl (C=O) groups excluding carboxylic acids is 1. The van der Waals surface area contributed by atoms with E-state index in [2.05, 4.69) is 20.6 Å². The molecule has 0 bridgehead atoms. The van der Waals surface area contributed by atoms with Gasteiger partial charge < -0.3 is 16.4 Å². The summed E-state index contributed by atoms with van der Waals surface area (Å²) in [6, 6.07) is -0.286. The molecular formula is C10H16FN5O. The lowest BCUT2D eigenvalue weighted by Gasteiger charge is -2.13. The summed E-state index contributed by atoms with van der Waals surface area (Å²) in [4.78, 5) is 18.4. The Morgan fingerprint density at radius 3 is 2.94 bits per heavy atom. The number of hydrogen-bond donors (Lipinski definition) is 3. The van der Waals surface area contributed by atoms with E-state index in [1.807, 2.05) is 6.92 Å². The van der Waals surface area contributed by atoms with Gasteiger partial charge in [-0.15, -0.1) is 0 Å². The molecule has 0 fully saturated rings. The normalized spacial score (nSPS) is 11.9. The fourth-order valence-electron chi connectivity index (χ4n) is 1.30. The summed E-state index contributed by atoms with van der Waals surface area (Å²) in [5, 5.41) is 5.64. The molecule has 1 unspecified atom stereocenters. The lowest BCUT2D eigenvalue weighted by Crippen LogP contribution is -2.25. The molecule has 0 aliphatic carbocycles. The van der Waals surface area contributed by atoms with E-state index in [1.54, 1.807) is 6.92 Å². The molecule has 0 spiro atoms. The van der Waals surface area contributed by atoms with E-state index in [-0.39, 0.29) is 18.3 Å². The maximum atomic E-state index is 13.4. The number of nitrogens with two attached hydrogens (primary N) is 1. The summed E-state index contributed by atoms with van der Waals surface area (Å²) in [5.41, 5.74) is 5.04. The Hall–Kier alpha value is -1.92. The molecule has 17 heavy (non-hydrogen) atoms. The molecule has 1 heterocycles. The maximum Gasteiger partial charge on any atom is 0.224 e. The Bertz CT molecular complexity index is 398. The van der Waals surface area contributed by atoms with E-state index in [0.29, 0.717) is 12.5 Å². The Morgan fingerprint density at radius 2 is 2.35 bits per heavy atom. The van der Waals surface area contributed by atoms with Crippen LogP contribution in [-0.4, -0.2) is 28.5 Å². The van der Waals surface area contributed by atoms with Crippen LogP contribution < -0.4 is 16.4 Å². The number of rotatable bonds is 6. The van der Waals surface area contributed by atoms with Crippen LogP contribution in [0.15, 0.2) is 6.20 Å². The minimum absolute atomic E-state index is 0.0599. The van der Waals surface area contributed by atoms with Gasteiger partial charge >= 0.3 is 0 Å². The van der Waals surface area contributed by atoms with Gasteiger partial charge in [0.2, 0.25) is 11.9 Å². The van der Waals surface area contributed by atoms with Gasteiger partial charge in [0.05, 0.1) is 6.20 Å². The standard InChI is InChI=1S/C10H16FN5O/c1-3-13-10-14-5-7(11)9(16-10)15-6(2)4-8(12)17/h5-6H,3-4H2,1-2H3,(H2,12,17)(H2,13,14,15,16).